The van der Waals surface area contributed by atoms with Crippen molar-refractivity contribution < 1.29 is 9.13 Å². The monoisotopic (exact) mass is 363 g/mol. The quantitative estimate of drug-likeness (QED) is 0.724. The number of ether oxygens (including phenoxy) is 1. The van der Waals surface area contributed by atoms with E-state index in [0.29, 0.717) is 28.7 Å². The number of pyridine rings is 2. The standard InChI is InChI=1S/C20H18FN5O/c21-19-2-1-12(9-24-19)18-5-17(11-26-20(18)15(6-22)10-25-26)27-16-3-13-7-23-8-14(13)4-16/h1-2,5,9-11,13-14,16,23H,3-4,7-8H2. The van der Waals surface area contributed by atoms with Gasteiger partial charge in [-0.1, -0.05) is 0 Å². The number of hydrogen-bond donors (Lipinski definition) is 1. The molecule has 1 N–H and O–H groups in total. The molecule has 2 atom stereocenters. The zero-order valence-corrected chi connectivity index (χ0v) is 14.6. The molecule has 0 amide bonds. The molecule has 136 valence electrons. The van der Waals surface area contributed by atoms with Crippen molar-refractivity contribution in [2.24, 2.45) is 11.8 Å². The van der Waals surface area contributed by atoms with Crippen LogP contribution in [0.1, 0.15) is 18.4 Å². The van der Waals surface area contributed by atoms with E-state index >= 15 is 0 Å². The van der Waals surface area contributed by atoms with Crippen molar-refractivity contribution in [3.05, 3.63) is 48.3 Å². The van der Waals surface area contributed by atoms with Gasteiger partial charge in [0.15, 0.2) is 0 Å². The lowest BCUT2D eigenvalue weighted by Crippen LogP contribution is -2.18. The minimum atomic E-state index is -0.540. The maximum Gasteiger partial charge on any atom is 0.212 e. The highest BCUT2D eigenvalue weighted by Gasteiger charge is 2.38. The fourth-order valence-corrected chi connectivity index (χ4v) is 4.40. The van der Waals surface area contributed by atoms with Crippen LogP contribution in [0.2, 0.25) is 0 Å². The molecular weight excluding hydrogens is 345 g/mol. The van der Waals surface area contributed by atoms with Crippen LogP contribution in [-0.2, 0) is 0 Å². The van der Waals surface area contributed by atoms with E-state index in [-0.39, 0.29) is 6.10 Å². The van der Waals surface area contributed by atoms with Crippen LogP contribution < -0.4 is 10.1 Å². The molecule has 1 aliphatic heterocycles. The van der Waals surface area contributed by atoms with E-state index in [0.717, 1.165) is 37.1 Å². The number of nitriles is 1. The largest absolute Gasteiger partial charge is 0.489 e. The average molecular weight is 363 g/mol. The van der Waals surface area contributed by atoms with Gasteiger partial charge < -0.3 is 10.1 Å². The minimum absolute atomic E-state index is 0.185. The molecule has 0 bridgehead atoms. The van der Waals surface area contributed by atoms with Crippen molar-refractivity contribution in [1.82, 2.24) is 19.9 Å². The summed E-state index contributed by atoms with van der Waals surface area (Å²) in [6, 6.07) is 7.03. The first-order valence-corrected chi connectivity index (χ1v) is 9.12. The van der Waals surface area contributed by atoms with E-state index in [1.807, 2.05) is 12.3 Å². The highest BCUT2D eigenvalue weighted by molar-refractivity contribution is 5.84. The Balaban J connectivity index is 1.54. The predicted octanol–water partition coefficient (Wildman–Crippen LogP) is 2.78. The maximum absolute atomic E-state index is 13.3. The normalized spacial score (nSPS) is 24.1. The third-order valence-electron chi connectivity index (χ3n) is 5.66. The van der Waals surface area contributed by atoms with E-state index < -0.39 is 5.95 Å². The van der Waals surface area contributed by atoms with Crippen molar-refractivity contribution in [2.75, 3.05) is 13.1 Å². The van der Waals surface area contributed by atoms with Crippen molar-refractivity contribution in [3.8, 4) is 22.9 Å². The molecule has 3 aromatic rings. The second-order valence-corrected chi connectivity index (χ2v) is 7.31. The Morgan fingerprint density at radius 3 is 2.74 bits per heavy atom. The lowest BCUT2D eigenvalue weighted by atomic mass is 10.0. The number of nitrogens with one attached hydrogen (secondary N) is 1. The van der Waals surface area contributed by atoms with Gasteiger partial charge in [0.2, 0.25) is 5.95 Å². The van der Waals surface area contributed by atoms with Crippen molar-refractivity contribution in [2.45, 2.75) is 18.9 Å². The van der Waals surface area contributed by atoms with Crippen LogP contribution in [0, 0.1) is 29.1 Å². The zero-order chi connectivity index (χ0) is 18.4. The van der Waals surface area contributed by atoms with E-state index in [9.17, 15) is 9.65 Å². The molecule has 2 aliphatic rings. The number of fused-ring (bicyclic) bond motifs is 2. The van der Waals surface area contributed by atoms with Gasteiger partial charge in [-0.15, -0.1) is 0 Å². The number of rotatable bonds is 3. The van der Waals surface area contributed by atoms with Gasteiger partial charge in [0.1, 0.15) is 11.8 Å². The Labute approximate surface area is 155 Å². The average Bonchev–Trinajstić information content (AvgIpc) is 3.36. The molecule has 2 unspecified atom stereocenters. The van der Waals surface area contributed by atoms with Crippen LogP contribution in [0.5, 0.6) is 5.75 Å². The zero-order valence-electron chi connectivity index (χ0n) is 14.6. The molecule has 0 radical (unpaired) electrons. The summed E-state index contributed by atoms with van der Waals surface area (Å²) in [6.45, 7) is 2.14. The second-order valence-electron chi connectivity index (χ2n) is 7.31. The first-order chi connectivity index (χ1) is 13.2. The van der Waals surface area contributed by atoms with Crippen LogP contribution in [0.25, 0.3) is 16.6 Å². The Hall–Kier alpha value is -2.98. The highest BCUT2D eigenvalue weighted by atomic mass is 19.1. The molecule has 6 nitrogen and oxygen atoms in total. The fraction of sp³-hybridized carbons (Fsp3) is 0.350. The predicted molar refractivity (Wildman–Crippen MR) is 96.6 cm³/mol. The topological polar surface area (TPSA) is 75.2 Å². The van der Waals surface area contributed by atoms with Gasteiger partial charge >= 0.3 is 0 Å². The number of halogens is 1. The fourth-order valence-electron chi connectivity index (χ4n) is 4.40. The summed E-state index contributed by atoms with van der Waals surface area (Å²) >= 11 is 0. The van der Waals surface area contributed by atoms with E-state index in [1.54, 1.807) is 10.6 Å². The molecule has 5 rings (SSSR count). The lowest BCUT2D eigenvalue weighted by Gasteiger charge is -2.16. The maximum atomic E-state index is 13.3. The van der Waals surface area contributed by atoms with Crippen molar-refractivity contribution in [1.29, 1.82) is 5.26 Å². The van der Waals surface area contributed by atoms with E-state index in [1.165, 1.54) is 18.5 Å². The molecule has 7 heteroatoms. The Kier molecular flexibility index (Phi) is 3.80. The van der Waals surface area contributed by atoms with Gasteiger partial charge in [-0.2, -0.15) is 14.8 Å². The minimum Gasteiger partial charge on any atom is -0.489 e. The molecular formula is C20H18FN5O. The molecule has 3 aromatic heterocycles. The molecule has 1 aliphatic carbocycles. The molecule has 27 heavy (non-hydrogen) atoms. The van der Waals surface area contributed by atoms with Gasteiger partial charge in [-0.3, -0.25) is 0 Å². The van der Waals surface area contributed by atoms with Crippen molar-refractivity contribution in [3.63, 3.8) is 0 Å². The highest BCUT2D eigenvalue weighted by Crippen LogP contribution is 2.38. The Bertz CT molecular complexity index is 1030. The van der Waals surface area contributed by atoms with Gasteiger partial charge in [0.25, 0.3) is 0 Å². The van der Waals surface area contributed by atoms with Crippen molar-refractivity contribution >= 4 is 5.52 Å². The SMILES string of the molecule is N#Cc1cnn2cc(OC3CC4CNCC4C3)cc(-c3ccc(F)nc3)c12. The van der Waals surface area contributed by atoms with E-state index in [4.69, 9.17) is 4.74 Å². The molecule has 1 saturated heterocycles. The van der Waals surface area contributed by atoms with Gasteiger partial charge in [-0.25, -0.2) is 9.50 Å². The summed E-state index contributed by atoms with van der Waals surface area (Å²) in [5, 5.41) is 17.1. The summed E-state index contributed by atoms with van der Waals surface area (Å²) < 4.78 is 21.2. The molecule has 4 heterocycles. The first kappa shape index (κ1) is 16.2. The molecule has 1 saturated carbocycles. The smallest absolute Gasteiger partial charge is 0.212 e. The summed E-state index contributed by atoms with van der Waals surface area (Å²) in [4.78, 5) is 3.75. The van der Waals surface area contributed by atoms with Crippen LogP contribution >= 0.6 is 0 Å². The number of nitrogens with zero attached hydrogens (tertiary/aromatic N) is 4. The van der Waals surface area contributed by atoms with Gasteiger partial charge in [-0.05, 0) is 56.0 Å². The Morgan fingerprint density at radius 2 is 2.04 bits per heavy atom. The van der Waals surface area contributed by atoms with Crippen LogP contribution in [0.3, 0.4) is 0 Å². The lowest BCUT2D eigenvalue weighted by molar-refractivity contribution is 0.198. The number of hydrogen-bond acceptors (Lipinski definition) is 5. The number of aromatic nitrogens is 3. The molecule has 0 spiro atoms. The summed E-state index contributed by atoms with van der Waals surface area (Å²) in [7, 11) is 0. The first-order valence-electron chi connectivity index (χ1n) is 9.12. The summed E-state index contributed by atoms with van der Waals surface area (Å²) in [5.41, 5.74) is 2.61. The third kappa shape index (κ3) is 2.82. The third-order valence-corrected chi connectivity index (χ3v) is 5.66. The van der Waals surface area contributed by atoms with Gasteiger partial charge in [0.05, 0.1) is 29.6 Å². The van der Waals surface area contributed by atoms with Crippen LogP contribution in [0.15, 0.2) is 36.8 Å². The molecule has 2 fully saturated rings. The van der Waals surface area contributed by atoms with Crippen LogP contribution in [0.4, 0.5) is 4.39 Å². The van der Waals surface area contributed by atoms with Gasteiger partial charge in [0, 0.05) is 17.3 Å². The summed E-state index contributed by atoms with van der Waals surface area (Å²) in [5.74, 6) is 1.54. The summed E-state index contributed by atoms with van der Waals surface area (Å²) in [6.07, 6.45) is 7.09. The molecule has 0 aromatic carbocycles. The second kappa shape index (κ2) is 6.32. The Morgan fingerprint density at radius 1 is 1.22 bits per heavy atom. The van der Waals surface area contributed by atoms with Crippen LogP contribution in [-0.4, -0.2) is 33.8 Å². The van der Waals surface area contributed by atoms with E-state index in [2.05, 4.69) is 21.5 Å².